The lowest BCUT2D eigenvalue weighted by Gasteiger charge is -2.33. The van der Waals surface area contributed by atoms with Crippen LogP contribution in [0.1, 0.15) is 12.8 Å². The number of methoxy groups -OCH3 is 2. The van der Waals surface area contributed by atoms with Gasteiger partial charge in [-0.15, -0.1) is 0 Å². The number of hydrogen-bond acceptors (Lipinski definition) is 7. The smallest absolute Gasteiger partial charge is 0.201 e. The van der Waals surface area contributed by atoms with Crippen LogP contribution in [0.2, 0.25) is 0 Å². The van der Waals surface area contributed by atoms with Crippen molar-refractivity contribution in [1.29, 1.82) is 0 Å². The summed E-state index contributed by atoms with van der Waals surface area (Å²) in [7, 11) is 3.28. The molecule has 160 valence electrons. The first-order valence-electron chi connectivity index (χ1n) is 10.6. The van der Waals surface area contributed by atoms with Crippen molar-refractivity contribution in [2.24, 2.45) is 5.92 Å². The molecule has 1 saturated heterocycles. The van der Waals surface area contributed by atoms with Crippen molar-refractivity contribution >= 4 is 33.7 Å². The molecule has 0 bridgehead atoms. The van der Waals surface area contributed by atoms with E-state index in [1.165, 1.54) is 0 Å². The van der Waals surface area contributed by atoms with Gasteiger partial charge in [-0.3, -0.25) is 0 Å². The topological polar surface area (TPSA) is 88.2 Å². The maximum atomic E-state index is 5.48. The molecule has 31 heavy (non-hydrogen) atoms. The number of piperidine rings is 1. The maximum absolute atomic E-state index is 5.48. The van der Waals surface area contributed by atoms with Crippen molar-refractivity contribution in [1.82, 2.24) is 19.9 Å². The monoisotopic (exact) mass is 418 g/mol. The molecule has 0 aliphatic carbocycles. The predicted molar refractivity (Wildman–Crippen MR) is 122 cm³/mol. The van der Waals surface area contributed by atoms with E-state index in [1.807, 2.05) is 36.4 Å². The lowest BCUT2D eigenvalue weighted by atomic mass is 9.96. The molecule has 0 amide bonds. The second kappa shape index (κ2) is 8.29. The van der Waals surface area contributed by atoms with Gasteiger partial charge in [0.1, 0.15) is 12.1 Å². The van der Waals surface area contributed by atoms with Crippen LogP contribution in [-0.4, -0.2) is 53.8 Å². The molecule has 0 saturated carbocycles. The number of para-hydroxylation sites is 2. The summed E-state index contributed by atoms with van der Waals surface area (Å²) in [4.78, 5) is 19.3. The minimum absolute atomic E-state index is 0.590. The minimum atomic E-state index is 0.590. The summed E-state index contributed by atoms with van der Waals surface area (Å²) in [5.41, 5.74) is 2.90. The molecule has 2 N–H and O–H groups in total. The number of aromatic nitrogens is 4. The Bertz CT molecular complexity index is 1170. The van der Waals surface area contributed by atoms with E-state index < -0.39 is 0 Å². The zero-order valence-electron chi connectivity index (χ0n) is 17.8. The third-order valence-electron chi connectivity index (χ3n) is 5.98. The van der Waals surface area contributed by atoms with E-state index in [2.05, 4.69) is 30.2 Å². The highest BCUT2D eigenvalue weighted by Crippen LogP contribution is 2.35. The lowest BCUT2D eigenvalue weighted by Crippen LogP contribution is -2.36. The molecule has 8 heteroatoms. The van der Waals surface area contributed by atoms with Gasteiger partial charge in [0.2, 0.25) is 5.95 Å². The number of H-pyrrole nitrogens is 1. The van der Waals surface area contributed by atoms with Crippen LogP contribution in [0.3, 0.4) is 0 Å². The number of nitrogens with one attached hydrogen (secondary N) is 2. The Morgan fingerprint density at radius 3 is 2.58 bits per heavy atom. The zero-order valence-corrected chi connectivity index (χ0v) is 17.8. The van der Waals surface area contributed by atoms with Crippen LogP contribution in [0.5, 0.6) is 11.5 Å². The van der Waals surface area contributed by atoms with Gasteiger partial charge in [-0.25, -0.2) is 15.0 Å². The molecule has 4 aromatic rings. The summed E-state index contributed by atoms with van der Waals surface area (Å²) in [6.45, 7) is 2.81. The van der Waals surface area contributed by atoms with Gasteiger partial charge in [0.15, 0.2) is 11.5 Å². The first-order valence-corrected chi connectivity index (χ1v) is 10.6. The largest absolute Gasteiger partial charge is 0.493 e. The molecule has 3 heterocycles. The maximum Gasteiger partial charge on any atom is 0.201 e. The number of rotatable bonds is 6. The normalized spacial score (nSPS) is 14.8. The molecule has 0 radical (unpaired) electrons. The highest BCUT2D eigenvalue weighted by atomic mass is 16.5. The van der Waals surface area contributed by atoms with E-state index in [0.29, 0.717) is 17.4 Å². The summed E-state index contributed by atoms with van der Waals surface area (Å²) in [5, 5.41) is 4.46. The fourth-order valence-electron chi connectivity index (χ4n) is 4.25. The van der Waals surface area contributed by atoms with Crippen LogP contribution in [0.4, 0.5) is 11.8 Å². The second-order valence-corrected chi connectivity index (χ2v) is 7.84. The van der Waals surface area contributed by atoms with E-state index in [9.17, 15) is 0 Å². The quantitative estimate of drug-likeness (QED) is 0.492. The van der Waals surface area contributed by atoms with Crippen molar-refractivity contribution in [2.75, 3.05) is 44.1 Å². The molecule has 5 rings (SSSR count). The van der Waals surface area contributed by atoms with Gasteiger partial charge in [0.05, 0.1) is 30.8 Å². The highest BCUT2D eigenvalue weighted by Gasteiger charge is 2.22. The first kappa shape index (κ1) is 19.4. The standard InChI is InChI=1S/C23H26N6O2/c1-30-20-11-16-19(12-21(20)31-2)25-14-26-22(16)29-9-7-15(8-10-29)13-24-23-27-17-5-3-4-6-18(17)28-23/h3-6,11-12,14-15H,7-10,13H2,1-2H3,(H2,24,27,28). The van der Waals surface area contributed by atoms with Gasteiger partial charge in [0.25, 0.3) is 0 Å². The van der Waals surface area contributed by atoms with Crippen LogP contribution >= 0.6 is 0 Å². The molecule has 2 aromatic carbocycles. The summed E-state index contributed by atoms with van der Waals surface area (Å²) >= 11 is 0. The van der Waals surface area contributed by atoms with Crippen molar-refractivity contribution in [3.8, 4) is 11.5 Å². The van der Waals surface area contributed by atoms with Crippen LogP contribution in [0, 0.1) is 5.92 Å². The number of anilines is 2. The fourth-order valence-corrected chi connectivity index (χ4v) is 4.25. The van der Waals surface area contributed by atoms with Crippen LogP contribution in [-0.2, 0) is 0 Å². The Morgan fingerprint density at radius 1 is 1.03 bits per heavy atom. The first-order chi connectivity index (χ1) is 15.2. The van der Waals surface area contributed by atoms with Gasteiger partial charge in [-0.05, 0) is 37.0 Å². The SMILES string of the molecule is COc1cc2ncnc(N3CCC(CNc4nc5ccccc5[nH]4)CC3)c2cc1OC. The summed E-state index contributed by atoms with van der Waals surface area (Å²) in [5.74, 6) is 3.75. The molecule has 1 fully saturated rings. The molecule has 0 unspecified atom stereocenters. The van der Waals surface area contributed by atoms with Gasteiger partial charge in [-0.1, -0.05) is 12.1 Å². The van der Waals surface area contributed by atoms with Crippen LogP contribution < -0.4 is 19.7 Å². The molecular formula is C23H26N6O2. The molecule has 8 nitrogen and oxygen atoms in total. The third kappa shape index (κ3) is 3.81. The molecule has 0 spiro atoms. The van der Waals surface area contributed by atoms with Crippen molar-refractivity contribution in [2.45, 2.75) is 12.8 Å². The van der Waals surface area contributed by atoms with Crippen molar-refractivity contribution < 1.29 is 9.47 Å². The average Bonchev–Trinajstić information content (AvgIpc) is 3.25. The number of imidazole rings is 1. The molecule has 2 aromatic heterocycles. The van der Waals surface area contributed by atoms with Crippen molar-refractivity contribution in [3.05, 3.63) is 42.7 Å². The highest BCUT2D eigenvalue weighted by molar-refractivity contribution is 5.92. The number of hydrogen-bond donors (Lipinski definition) is 2. The Labute approximate surface area is 180 Å². The molecular weight excluding hydrogens is 392 g/mol. The lowest BCUT2D eigenvalue weighted by molar-refractivity contribution is 0.355. The van der Waals surface area contributed by atoms with Crippen LogP contribution in [0.25, 0.3) is 21.9 Å². The van der Waals surface area contributed by atoms with E-state index in [1.54, 1.807) is 20.5 Å². The Morgan fingerprint density at radius 2 is 1.81 bits per heavy atom. The number of benzene rings is 2. The number of ether oxygens (including phenoxy) is 2. The van der Waals surface area contributed by atoms with Gasteiger partial charge in [0, 0.05) is 31.1 Å². The number of nitrogens with zero attached hydrogens (tertiary/aromatic N) is 4. The molecule has 0 atom stereocenters. The number of aromatic amines is 1. The van der Waals surface area contributed by atoms with Gasteiger partial charge in [-0.2, -0.15) is 0 Å². The van der Waals surface area contributed by atoms with E-state index in [0.717, 1.165) is 66.2 Å². The van der Waals surface area contributed by atoms with Gasteiger partial charge < -0.3 is 24.7 Å². The molecule has 1 aliphatic rings. The summed E-state index contributed by atoms with van der Waals surface area (Å²) < 4.78 is 10.9. The van der Waals surface area contributed by atoms with E-state index in [4.69, 9.17) is 9.47 Å². The fraction of sp³-hybridized carbons (Fsp3) is 0.348. The van der Waals surface area contributed by atoms with Crippen molar-refractivity contribution in [3.63, 3.8) is 0 Å². The van der Waals surface area contributed by atoms with Gasteiger partial charge >= 0.3 is 0 Å². The Balaban J connectivity index is 1.26. The third-order valence-corrected chi connectivity index (χ3v) is 5.98. The number of fused-ring (bicyclic) bond motifs is 2. The molecule has 1 aliphatic heterocycles. The second-order valence-electron chi connectivity index (χ2n) is 7.84. The zero-order chi connectivity index (χ0) is 21.2. The summed E-state index contributed by atoms with van der Waals surface area (Å²) in [6, 6.07) is 12.0. The van der Waals surface area contributed by atoms with E-state index >= 15 is 0 Å². The van der Waals surface area contributed by atoms with E-state index in [-0.39, 0.29) is 0 Å². The minimum Gasteiger partial charge on any atom is -0.493 e. The Kier molecular flexibility index (Phi) is 5.19. The predicted octanol–water partition coefficient (Wildman–Crippen LogP) is 3.85. The summed E-state index contributed by atoms with van der Waals surface area (Å²) in [6.07, 6.45) is 3.80. The Hall–Kier alpha value is -3.55. The average molecular weight is 419 g/mol. The van der Waals surface area contributed by atoms with Crippen LogP contribution in [0.15, 0.2) is 42.7 Å².